The van der Waals surface area contributed by atoms with Crippen molar-refractivity contribution in [3.8, 4) is 23.1 Å². The Morgan fingerprint density at radius 2 is 1.59 bits per heavy atom. The van der Waals surface area contributed by atoms with Crippen molar-refractivity contribution in [3.63, 3.8) is 0 Å². The van der Waals surface area contributed by atoms with Gasteiger partial charge >= 0.3 is 0 Å². The number of aromatic nitrogens is 2. The third kappa shape index (κ3) is 2.53. The first kappa shape index (κ1) is 11.4. The van der Waals surface area contributed by atoms with E-state index in [0.717, 1.165) is 11.1 Å². The number of ether oxygens (including phenoxy) is 2. The van der Waals surface area contributed by atoms with Gasteiger partial charge in [0.1, 0.15) is 0 Å². The van der Waals surface area contributed by atoms with Crippen LogP contribution in [0.25, 0.3) is 11.4 Å². The molecule has 0 radical (unpaired) electrons. The van der Waals surface area contributed by atoms with E-state index >= 15 is 0 Å². The van der Waals surface area contributed by atoms with Gasteiger partial charge in [-0.05, 0) is 13.0 Å². The molecule has 0 fully saturated rings. The van der Waals surface area contributed by atoms with Crippen molar-refractivity contribution in [1.29, 1.82) is 0 Å². The molecular formula is C13H14N2O2. The Hall–Kier alpha value is -2.10. The summed E-state index contributed by atoms with van der Waals surface area (Å²) in [5, 5.41) is 0. The van der Waals surface area contributed by atoms with Crippen LogP contribution >= 0.6 is 0 Å². The summed E-state index contributed by atoms with van der Waals surface area (Å²) in [5.41, 5.74) is 2.11. The van der Waals surface area contributed by atoms with Crippen LogP contribution in [0.5, 0.6) is 11.8 Å². The minimum absolute atomic E-state index is 0.494. The number of nitrogens with zero attached hydrogens (tertiary/aromatic N) is 2. The highest BCUT2D eigenvalue weighted by molar-refractivity contribution is 5.57. The Bertz CT molecular complexity index is 504. The van der Waals surface area contributed by atoms with Crippen molar-refractivity contribution < 1.29 is 9.47 Å². The van der Waals surface area contributed by atoms with E-state index in [4.69, 9.17) is 9.47 Å². The van der Waals surface area contributed by atoms with Crippen LogP contribution in [0, 0.1) is 6.92 Å². The first-order chi connectivity index (χ1) is 8.22. The Labute approximate surface area is 100 Å². The smallest absolute Gasteiger partial charge is 0.220 e. The largest absolute Gasteiger partial charge is 0.481 e. The predicted octanol–water partition coefficient (Wildman–Crippen LogP) is 2.47. The van der Waals surface area contributed by atoms with Gasteiger partial charge in [-0.2, -0.15) is 9.97 Å². The molecule has 0 saturated heterocycles. The molecule has 1 heterocycles. The van der Waals surface area contributed by atoms with Crippen molar-refractivity contribution in [1.82, 2.24) is 9.97 Å². The molecule has 0 aliphatic heterocycles. The van der Waals surface area contributed by atoms with Crippen LogP contribution in [0.15, 0.2) is 30.3 Å². The van der Waals surface area contributed by atoms with Gasteiger partial charge in [-0.25, -0.2) is 0 Å². The normalized spacial score (nSPS) is 10.1. The second-order valence-electron chi connectivity index (χ2n) is 3.65. The van der Waals surface area contributed by atoms with Crippen molar-refractivity contribution in [2.45, 2.75) is 6.92 Å². The molecule has 0 spiro atoms. The average Bonchev–Trinajstić information content (AvgIpc) is 2.38. The van der Waals surface area contributed by atoms with Crippen LogP contribution in [0.2, 0.25) is 0 Å². The molecule has 0 saturated carbocycles. The molecule has 2 rings (SSSR count). The van der Waals surface area contributed by atoms with Crippen molar-refractivity contribution in [2.24, 2.45) is 0 Å². The summed E-state index contributed by atoms with van der Waals surface area (Å²) in [7, 11) is 3.14. The predicted molar refractivity (Wildman–Crippen MR) is 65.3 cm³/mol. The topological polar surface area (TPSA) is 44.2 Å². The summed E-state index contributed by atoms with van der Waals surface area (Å²) in [5.74, 6) is 1.59. The minimum Gasteiger partial charge on any atom is -0.481 e. The summed E-state index contributed by atoms with van der Waals surface area (Å²) in [4.78, 5) is 8.60. The number of rotatable bonds is 3. The van der Waals surface area contributed by atoms with E-state index < -0.39 is 0 Å². The standard InChI is InChI=1S/C13H14N2O2/c1-9-5-4-6-10(7-9)13-14-11(16-2)8-12(15-13)17-3/h4-8H,1-3H3. The maximum absolute atomic E-state index is 5.12. The van der Waals surface area contributed by atoms with Crippen LogP contribution in [-0.2, 0) is 0 Å². The van der Waals surface area contributed by atoms with Crippen molar-refractivity contribution in [2.75, 3.05) is 14.2 Å². The van der Waals surface area contributed by atoms with Crippen LogP contribution in [0.4, 0.5) is 0 Å². The van der Waals surface area contributed by atoms with Gasteiger partial charge in [0, 0.05) is 5.56 Å². The molecule has 0 aliphatic rings. The molecule has 0 N–H and O–H groups in total. The molecule has 1 aromatic carbocycles. The third-order valence-corrected chi connectivity index (χ3v) is 2.37. The Morgan fingerprint density at radius 3 is 2.12 bits per heavy atom. The fourth-order valence-electron chi connectivity index (χ4n) is 1.53. The first-order valence-corrected chi connectivity index (χ1v) is 5.27. The van der Waals surface area contributed by atoms with Gasteiger partial charge in [0.05, 0.1) is 20.3 Å². The lowest BCUT2D eigenvalue weighted by molar-refractivity contribution is 0.372. The van der Waals surface area contributed by atoms with Crippen LogP contribution in [0.3, 0.4) is 0 Å². The summed E-state index contributed by atoms with van der Waals surface area (Å²) in [6.07, 6.45) is 0. The fourth-order valence-corrected chi connectivity index (χ4v) is 1.53. The van der Waals surface area contributed by atoms with Gasteiger partial charge in [-0.3, -0.25) is 0 Å². The number of hydrogen-bond acceptors (Lipinski definition) is 4. The maximum Gasteiger partial charge on any atom is 0.220 e. The summed E-state index contributed by atoms with van der Waals surface area (Å²) in [6.45, 7) is 2.03. The van der Waals surface area contributed by atoms with Gasteiger partial charge < -0.3 is 9.47 Å². The number of hydrogen-bond donors (Lipinski definition) is 0. The van der Waals surface area contributed by atoms with E-state index in [2.05, 4.69) is 9.97 Å². The highest BCUT2D eigenvalue weighted by Crippen LogP contribution is 2.22. The molecule has 88 valence electrons. The molecule has 17 heavy (non-hydrogen) atoms. The average molecular weight is 230 g/mol. The molecule has 1 aromatic heterocycles. The number of aryl methyl sites for hydroxylation is 1. The molecule has 0 amide bonds. The van der Waals surface area contributed by atoms with Gasteiger partial charge in [0.2, 0.25) is 11.8 Å². The minimum atomic E-state index is 0.494. The monoisotopic (exact) mass is 230 g/mol. The maximum atomic E-state index is 5.12. The Morgan fingerprint density at radius 1 is 0.941 bits per heavy atom. The van der Waals surface area contributed by atoms with Crippen molar-refractivity contribution in [3.05, 3.63) is 35.9 Å². The molecular weight excluding hydrogens is 216 g/mol. The second kappa shape index (κ2) is 4.82. The van der Waals surface area contributed by atoms with Crippen LogP contribution in [-0.4, -0.2) is 24.2 Å². The van der Waals surface area contributed by atoms with Crippen molar-refractivity contribution >= 4 is 0 Å². The zero-order valence-electron chi connectivity index (χ0n) is 10.1. The van der Waals surface area contributed by atoms with Gasteiger partial charge in [-0.15, -0.1) is 0 Å². The number of methoxy groups -OCH3 is 2. The molecule has 2 aromatic rings. The van der Waals surface area contributed by atoms with E-state index in [1.54, 1.807) is 20.3 Å². The van der Waals surface area contributed by atoms with E-state index in [1.807, 2.05) is 31.2 Å². The third-order valence-electron chi connectivity index (χ3n) is 2.37. The fraction of sp³-hybridized carbons (Fsp3) is 0.231. The lowest BCUT2D eigenvalue weighted by Gasteiger charge is -2.06. The zero-order valence-corrected chi connectivity index (χ0v) is 10.1. The molecule has 4 nitrogen and oxygen atoms in total. The van der Waals surface area contributed by atoms with Gasteiger partial charge in [-0.1, -0.05) is 23.8 Å². The van der Waals surface area contributed by atoms with E-state index in [-0.39, 0.29) is 0 Å². The first-order valence-electron chi connectivity index (χ1n) is 5.27. The second-order valence-corrected chi connectivity index (χ2v) is 3.65. The zero-order chi connectivity index (χ0) is 12.3. The lowest BCUT2D eigenvalue weighted by Crippen LogP contribution is -1.97. The van der Waals surface area contributed by atoms with Crippen LogP contribution in [0.1, 0.15) is 5.56 Å². The number of benzene rings is 1. The highest BCUT2D eigenvalue weighted by atomic mass is 16.5. The summed E-state index contributed by atoms with van der Waals surface area (Å²) in [6, 6.07) is 9.63. The quantitative estimate of drug-likeness (QED) is 0.812. The summed E-state index contributed by atoms with van der Waals surface area (Å²) >= 11 is 0. The SMILES string of the molecule is COc1cc(OC)nc(-c2cccc(C)c2)n1. The van der Waals surface area contributed by atoms with E-state index in [1.165, 1.54) is 0 Å². The molecule has 0 unspecified atom stereocenters. The molecule has 0 aliphatic carbocycles. The molecule has 0 bridgehead atoms. The Kier molecular flexibility index (Phi) is 3.23. The molecule has 4 heteroatoms. The summed E-state index contributed by atoms with van der Waals surface area (Å²) < 4.78 is 10.2. The Balaban J connectivity index is 2.50. The highest BCUT2D eigenvalue weighted by Gasteiger charge is 2.07. The molecule has 0 atom stereocenters. The van der Waals surface area contributed by atoms with E-state index in [0.29, 0.717) is 17.6 Å². The lowest BCUT2D eigenvalue weighted by atomic mass is 10.1. The van der Waals surface area contributed by atoms with Gasteiger partial charge in [0.25, 0.3) is 0 Å². The van der Waals surface area contributed by atoms with Gasteiger partial charge in [0.15, 0.2) is 5.82 Å². The van der Waals surface area contributed by atoms with Crippen LogP contribution < -0.4 is 9.47 Å². The van der Waals surface area contributed by atoms with E-state index in [9.17, 15) is 0 Å².